The summed E-state index contributed by atoms with van der Waals surface area (Å²) in [6.45, 7) is 2.19. The van der Waals surface area contributed by atoms with Gasteiger partial charge in [-0.15, -0.1) is 0 Å². The number of benzene rings is 2. The quantitative estimate of drug-likeness (QED) is 0.297. The van der Waals surface area contributed by atoms with Crippen molar-refractivity contribution in [2.24, 2.45) is 5.92 Å². The Bertz CT molecular complexity index is 1470. The average molecular weight is 501 g/mol. The van der Waals surface area contributed by atoms with Crippen LogP contribution in [0.2, 0.25) is 0 Å². The van der Waals surface area contributed by atoms with Crippen molar-refractivity contribution in [3.63, 3.8) is 0 Å². The largest absolute Gasteiger partial charge is 0.492 e. The molecular formula is C29H29FN4O3. The molecule has 0 saturated carbocycles. The van der Waals surface area contributed by atoms with E-state index >= 15 is 0 Å². The van der Waals surface area contributed by atoms with E-state index in [-0.39, 0.29) is 18.7 Å². The number of nitriles is 1. The van der Waals surface area contributed by atoms with Crippen LogP contribution in [-0.4, -0.2) is 53.8 Å². The number of hydrogen-bond donors (Lipinski definition) is 0. The number of likely N-dealkylation sites (tertiary alicyclic amines) is 1. The lowest BCUT2D eigenvalue weighted by Gasteiger charge is -2.28. The minimum Gasteiger partial charge on any atom is -0.492 e. The molecule has 8 heteroatoms. The topological polar surface area (TPSA) is 80.4 Å². The standard InChI is InChI=1S/C29H29FN4O3/c1-33-12-7-20(8-13-33)19-36-28-17-25-24(16-22(28)18-31)27(6-11-32-25)37-23-4-5-26-21(15-23)9-14-34(26)29(35)3-2-10-30/h4-6,9,11,14-17,20H,2-3,7-8,10,12-13,19H2,1H3. The maximum absolute atomic E-state index is 12.5. The van der Waals surface area contributed by atoms with Crippen molar-refractivity contribution < 1.29 is 18.7 Å². The fourth-order valence-corrected chi connectivity index (χ4v) is 4.75. The lowest BCUT2D eigenvalue weighted by molar-refractivity contribution is 0.0902. The first-order valence-electron chi connectivity index (χ1n) is 12.6. The van der Waals surface area contributed by atoms with Crippen molar-refractivity contribution in [3.8, 4) is 23.3 Å². The number of hydrogen-bond acceptors (Lipinski definition) is 6. The summed E-state index contributed by atoms with van der Waals surface area (Å²) in [5.74, 6) is 2.04. The molecule has 0 spiro atoms. The molecule has 1 aliphatic heterocycles. The van der Waals surface area contributed by atoms with E-state index in [1.165, 1.54) is 0 Å². The monoisotopic (exact) mass is 500 g/mol. The Morgan fingerprint density at radius 2 is 2.00 bits per heavy atom. The predicted molar refractivity (Wildman–Crippen MR) is 140 cm³/mol. The molecule has 1 aliphatic rings. The third-order valence-electron chi connectivity index (χ3n) is 6.92. The molecule has 2 aromatic heterocycles. The number of fused-ring (bicyclic) bond motifs is 2. The van der Waals surface area contributed by atoms with Crippen LogP contribution < -0.4 is 9.47 Å². The number of aromatic nitrogens is 2. The Morgan fingerprint density at radius 3 is 2.78 bits per heavy atom. The molecule has 37 heavy (non-hydrogen) atoms. The Balaban J connectivity index is 1.37. The highest BCUT2D eigenvalue weighted by Gasteiger charge is 2.19. The number of pyridine rings is 1. The van der Waals surface area contributed by atoms with Crippen LogP contribution in [0.15, 0.2) is 54.9 Å². The molecule has 0 N–H and O–H groups in total. The van der Waals surface area contributed by atoms with Crippen LogP contribution in [0.5, 0.6) is 17.2 Å². The zero-order valence-corrected chi connectivity index (χ0v) is 20.8. The summed E-state index contributed by atoms with van der Waals surface area (Å²) in [5.41, 5.74) is 1.87. The van der Waals surface area contributed by atoms with Gasteiger partial charge < -0.3 is 14.4 Å². The molecule has 2 aromatic carbocycles. The molecule has 1 saturated heterocycles. The first-order valence-corrected chi connectivity index (χ1v) is 12.6. The van der Waals surface area contributed by atoms with Gasteiger partial charge in [-0.2, -0.15) is 5.26 Å². The smallest absolute Gasteiger partial charge is 0.231 e. The van der Waals surface area contributed by atoms with Gasteiger partial charge in [-0.05, 0) is 81.7 Å². The van der Waals surface area contributed by atoms with Crippen LogP contribution in [0.25, 0.3) is 21.8 Å². The number of nitrogens with zero attached hydrogens (tertiary/aromatic N) is 4. The lowest BCUT2D eigenvalue weighted by Crippen LogP contribution is -2.32. The van der Waals surface area contributed by atoms with E-state index in [1.54, 1.807) is 35.2 Å². The number of carbonyl (C=O) groups excluding carboxylic acids is 1. The summed E-state index contributed by atoms with van der Waals surface area (Å²) in [6, 6.07) is 14.9. The van der Waals surface area contributed by atoms with Crippen molar-refractivity contribution in [1.29, 1.82) is 5.26 Å². The van der Waals surface area contributed by atoms with Gasteiger partial charge in [-0.3, -0.25) is 18.7 Å². The minimum atomic E-state index is -0.512. The first-order chi connectivity index (χ1) is 18.1. The molecule has 0 aliphatic carbocycles. The number of rotatable bonds is 8. The zero-order valence-electron chi connectivity index (χ0n) is 20.8. The van der Waals surface area contributed by atoms with Crippen LogP contribution in [0.1, 0.15) is 36.0 Å². The molecule has 1 fully saturated rings. The second kappa shape index (κ2) is 11.0. The van der Waals surface area contributed by atoms with Crippen LogP contribution in [-0.2, 0) is 0 Å². The Morgan fingerprint density at radius 1 is 1.16 bits per heavy atom. The molecule has 0 radical (unpaired) electrons. The van der Waals surface area contributed by atoms with E-state index in [2.05, 4.69) is 23.0 Å². The number of alkyl halides is 1. The van der Waals surface area contributed by atoms with Gasteiger partial charge in [0.15, 0.2) is 0 Å². The summed E-state index contributed by atoms with van der Waals surface area (Å²) in [5, 5.41) is 11.4. The normalized spacial score (nSPS) is 14.6. The fourth-order valence-electron chi connectivity index (χ4n) is 4.75. The third kappa shape index (κ3) is 5.42. The van der Waals surface area contributed by atoms with Crippen LogP contribution in [0, 0.1) is 17.2 Å². The number of carbonyl (C=O) groups is 1. The van der Waals surface area contributed by atoms with Crippen molar-refractivity contribution in [2.75, 3.05) is 33.4 Å². The Kier molecular flexibility index (Phi) is 7.33. The number of halogens is 1. The molecule has 5 rings (SSSR count). The van der Waals surface area contributed by atoms with Crippen molar-refractivity contribution in [2.45, 2.75) is 25.7 Å². The Labute approximate surface area is 215 Å². The van der Waals surface area contributed by atoms with Gasteiger partial charge in [0.05, 0.1) is 29.9 Å². The van der Waals surface area contributed by atoms with E-state index in [0.717, 1.165) is 36.8 Å². The molecule has 0 atom stereocenters. The van der Waals surface area contributed by atoms with Gasteiger partial charge in [0.2, 0.25) is 5.91 Å². The zero-order chi connectivity index (χ0) is 25.8. The van der Waals surface area contributed by atoms with Crippen LogP contribution in [0.4, 0.5) is 4.39 Å². The summed E-state index contributed by atoms with van der Waals surface area (Å²) < 4.78 is 26.3. The molecule has 7 nitrogen and oxygen atoms in total. The second-order valence-electron chi connectivity index (χ2n) is 9.54. The van der Waals surface area contributed by atoms with E-state index in [0.29, 0.717) is 46.2 Å². The highest BCUT2D eigenvalue weighted by Crippen LogP contribution is 2.34. The Hall–Kier alpha value is -3.96. The van der Waals surface area contributed by atoms with Gasteiger partial charge in [0.1, 0.15) is 23.3 Å². The predicted octanol–water partition coefficient (Wildman–Crippen LogP) is 5.96. The fraction of sp³-hybridized carbons (Fsp3) is 0.345. The van der Waals surface area contributed by atoms with Crippen molar-refractivity contribution in [3.05, 3.63) is 60.4 Å². The van der Waals surface area contributed by atoms with Gasteiger partial charge in [-0.1, -0.05) is 0 Å². The lowest BCUT2D eigenvalue weighted by atomic mass is 9.98. The molecule has 190 valence electrons. The van der Waals surface area contributed by atoms with E-state index in [9.17, 15) is 14.4 Å². The highest BCUT2D eigenvalue weighted by molar-refractivity contribution is 5.93. The summed E-state index contributed by atoms with van der Waals surface area (Å²) in [7, 11) is 2.13. The third-order valence-corrected chi connectivity index (χ3v) is 6.92. The average Bonchev–Trinajstić information content (AvgIpc) is 3.34. The molecule has 3 heterocycles. The summed E-state index contributed by atoms with van der Waals surface area (Å²) >= 11 is 0. The maximum Gasteiger partial charge on any atom is 0.231 e. The molecular weight excluding hydrogens is 471 g/mol. The number of piperidine rings is 1. The first kappa shape index (κ1) is 24.7. The number of ether oxygens (including phenoxy) is 2. The van der Waals surface area contributed by atoms with Gasteiger partial charge in [-0.25, -0.2) is 0 Å². The van der Waals surface area contributed by atoms with Crippen LogP contribution >= 0.6 is 0 Å². The van der Waals surface area contributed by atoms with Crippen molar-refractivity contribution >= 4 is 27.7 Å². The maximum atomic E-state index is 12.5. The molecule has 0 amide bonds. The van der Waals surface area contributed by atoms with Gasteiger partial charge in [0.25, 0.3) is 0 Å². The molecule has 0 unspecified atom stereocenters. The molecule has 0 bridgehead atoms. The van der Waals surface area contributed by atoms with E-state index < -0.39 is 6.67 Å². The highest BCUT2D eigenvalue weighted by atomic mass is 19.1. The van der Waals surface area contributed by atoms with E-state index in [4.69, 9.17) is 9.47 Å². The van der Waals surface area contributed by atoms with E-state index in [1.807, 2.05) is 24.3 Å². The second-order valence-corrected chi connectivity index (χ2v) is 9.54. The summed E-state index contributed by atoms with van der Waals surface area (Å²) in [4.78, 5) is 19.2. The molecule has 4 aromatic rings. The van der Waals surface area contributed by atoms with Gasteiger partial charge >= 0.3 is 0 Å². The summed E-state index contributed by atoms with van der Waals surface area (Å²) in [6.07, 6.45) is 5.91. The van der Waals surface area contributed by atoms with Crippen LogP contribution in [0.3, 0.4) is 0 Å². The minimum absolute atomic E-state index is 0.140. The van der Waals surface area contributed by atoms with Gasteiger partial charge in [0, 0.05) is 35.7 Å². The van der Waals surface area contributed by atoms with Crippen molar-refractivity contribution in [1.82, 2.24) is 14.5 Å². The SMILES string of the molecule is CN1CCC(COc2cc3nccc(Oc4ccc5c(ccn5C(=O)CCCF)c4)c3cc2C#N)CC1.